The molecule has 1 amide bonds. The molecule has 0 aliphatic rings. The number of esters is 1. The maximum absolute atomic E-state index is 12.2. The maximum Gasteiger partial charge on any atom is 0.331 e. The largest absolute Gasteiger partial charge is 0.425 e. The Kier molecular flexibility index (Phi) is 5.77. The van der Waals surface area contributed by atoms with E-state index in [2.05, 4.69) is 26.2 Å². The van der Waals surface area contributed by atoms with Gasteiger partial charge in [0.25, 0.3) is 11.5 Å². The van der Waals surface area contributed by atoms with Gasteiger partial charge in [-0.25, -0.2) is 4.79 Å². The third kappa shape index (κ3) is 5.11. The Morgan fingerprint density at radius 2 is 1.89 bits per heavy atom. The number of halogens is 1. The first kappa shape index (κ1) is 18.5. The summed E-state index contributed by atoms with van der Waals surface area (Å²) in [4.78, 5) is 39.8. The second-order valence-electron chi connectivity index (χ2n) is 5.51. The normalized spacial score (nSPS) is 10.3. The smallest absolute Gasteiger partial charge is 0.331 e. The number of ether oxygens (including phenoxy) is 1. The number of hydrogen-bond acceptors (Lipinski definition) is 5. The number of carbonyl (C=O) groups is 2. The summed E-state index contributed by atoms with van der Waals surface area (Å²) < 4.78 is 7.13. The fourth-order valence-electron chi connectivity index (χ4n) is 2.24. The lowest BCUT2D eigenvalue weighted by Gasteiger charge is -2.08. The van der Waals surface area contributed by atoms with Gasteiger partial charge in [0, 0.05) is 28.5 Å². The third-order valence-corrected chi connectivity index (χ3v) is 3.98. The molecule has 3 aromatic rings. The molecule has 0 radical (unpaired) electrons. The van der Waals surface area contributed by atoms with Crippen molar-refractivity contribution in [1.82, 2.24) is 9.55 Å². The van der Waals surface area contributed by atoms with Crippen molar-refractivity contribution < 1.29 is 14.3 Å². The second kappa shape index (κ2) is 8.41. The van der Waals surface area contributed by atoms with E-state index in [9.17, 15) is 14.4 Å². The number of nitrogens with one attached hydrogen (secondary N) is 1. The summed E-state index contributed by atoms with van der Waals surface area (Å²) in [6.07, 6.45) is 4.66. The molecule has 0 unspecified atom stereocenters. The highest BCUT2D eigenvalue weighted by Gasteiger charge is 2.10. The lowest BCUT2D eigenvalue weighted by molar-refractivity contribution is -0.135. The van der Waals surface area contributed by atoms with Crippen molar-refractivity contribution in [2.24, 2.45) is 0 Å². The van der Waals surface area contributed by atoms with Crippen LogP contribution in [0.2, 0.25) is 0 Å². The Balaban J connectivity index is 1.61. The molecule has 136 valence electrons. The quantitative estimate of drug-likeness (QED) is 0.499. The molecule has 0 saturated heterocycles. The summed E-state index contributed by atoms with van der Waals surface area (Å²) in [5.41, 5.74) is 0.678. The number of anilines is 1. The lowest BCUT2D eigenvalue weighted by Crippen LogP contribution is -2.25. The number of carbonyl (C=O) groups excluding carboxylic acids is 2. The van der Waals surface area contributed by atoms with Crippen molar-refractivity contribution >= 4 is 33.5 Å². The average Bonchev–Trinajstić information content (AvgIpc) is 2.66. The van der Waals surface area contributed by atoms with Crippen LogP contribution < -0.4 is 15.6 Å². The summed E-state index contributed by atoms with van der Waals surface area (Å²) in [7, 11) is 0. The van der Waals surface area contributed by atoms with E-state index >= 15 is 0 Å². The predicted octanol–water partition coefficient (Wildman–Crippen LogP) is 2.86. The van der Waals surface area contributed by atoms with Gasteiger partial charge in [0.1, 0.15) is 12.3 Å². The van der Waals surface area contributed by atoms with Gasteiger partial charge in [-0.3, -0.25) is 14.6 Å². The van der Waals surface area contributed by atoms with Gasteiger partial charge in [0.15, 0.2) is 0 Å². The summed E-state index contributed by atoms with van der Waals surface area (Å²) in [5.74, 6) is -0.620. The zero-order chi connectivity index (χ0) is 19.2. The Labute approximate surface area is 162 Å². The van der Waals surface area contributed by atoms with E-state index in [1.165, 1.54) is 35.2 Å². The molecule has 7 nitrogen and oxygen atoms in total. The van der Waals surface area contributed by atoms with Crippen LogP contribution in [0.4, 0.5) is 5.69 Å². The van der Waals surface area contributed by atoms with Crippen molar-refractivity contribution in [3.05, 3.63) is 87.5 Å². The highest BCUT2D eigenvalue weighted by atomic mass is 79.9. The number of benzene rings is 1. The zero-order valence-corrected chi connectivity index (χ0v) is 15.5. The van der Waals surface area contributed by atoms with Crippen LogP contribution in [0.25, 0.3) is 0 Å². The summed E-state index contributed by atoms with van der Waals surface area (Å²) in [5, 5.41) is 2.71. The molecule has 0 spiro atoms. The van der Waals surface area contributed by atoms with E-state index in [-0.39, 0.29) is 23.8 Å². The van der Waals surface area contributed by atoms with Crippen molar-refractivity contribution in [3.8, 4) is 5.75 Å². The number of aromatic nitrogens is 2. The average molecular weight is 428 g/mol. The molecule has 1 N–H and O–H groups in total. The Morgan fingerprint density at radius 3 is 2.59 bits per heavy atom. The molecular formula is C19H14BrN3O4. The second-order valence-corrected chi connectivity index (χ2v) is 6.42. The predicted molar refractivity (Wildman–Crippen MR) is 103 cm³/mol. The van der Waals surface area contributed by atoms with Crippen molar-refractivity contribution in [2.45, 2.75) is 6.54 Å². The molecule has 1 aromatic carbocycles. The van der Waals surface area contributed by atoms with E-state index in [4.69, 9.17) is 4.74 Å². The molecule has 0 saturated carbocycles. The van der Waals surface area contributed by atoms with Crippen molar-refractivity contribution in [3.63, 3.8) is 0 Å². The molecule has 0 aliphatic carbocycles. The molecule has 0 bridgehead atoms. The van der Waals surface area contributed by atoms with E-state index in [1.54, 1.807) is 36.5 Å². The number of pyridine rings is 2. The number of rotatable bonds is 5. The monoisotopic (exact) mass is 427 g/mol. The number of amides is 1. The van der Waals surface area contributed by atoms with Crippen molar-refractivity contribution in [2.75, 3.05) is 5.32 Å². The first-order valence-corrected chi connectivity index (χ1v) is 8.69. The maximum atomic E-state index is 12.2. The first-order chi connectivity index (χ1) is 13.0. The van der Waals surface area contributed by atoms with Gasteiger partial charge in [-0.1, -0.05) is 0 Å². The minimum absolute atomic E-state index is 0.221. The fraction of sp³-hybridized carbons (Fsp3) is 0.0526. The minimum Gasteiger partial charge on any atom is -0.425 e. The molecule has 2 heterocycles. The van der Waals surface area contributed by atoms with Crippen LogP contribution in [-0.2, 0) is 11.3 Å². The fourth-order valence-corrected chi connectivity index (χ4v) is 2.62. The molecule has 3 rings (SSSR count). The van der Waals surface area contributed by atoms with Crippen LogP contribution in [0.5, 0.6) is 5.75 Å². The van der Waals surface area contributed by atoms with E-state index in [1.807, 2.05) is 0 Å². The van der Waals surface area contributed by atoms with Crippen molar-refractivity contribution in [1.29, 1.82) is 0 Å². The molecule has 2 aromatic heterocycles. The van der Waals surface area contributed by atoms with E-state index in [0.29, 0.717) is 15.7 Å². The molecule has 0 fully saturated rings. The van der Waals surface area contributed by atoms with Crippen LogP contribution in [0.1, 0.15) is 10.4 Å². The highest BCUT2D eigenvalue weighted by molar-refractivity contribution is 9.10. The molecule has 0 atom stereocenters. The lowest BCUT2D eigenvalue weighted by atomic mass is 10.2. The van der Waals surface area contributed by atoms with Crippen LogP contribution >= 0.6 is 15.9 Å². The number of nitrogens with zero attached hydrogens (tertiary/aromatic N) is 2. The summed E-state index contributed by atoms with van der Waals surface area (Å²) >= 11 is 3.24. The van der Waals surface area contributed by atoms with Crippen LogP contribution in [0.3, 0.4) is 0 Å². The zero-order valence-electron chi connectivity index (χ0n) is 14.0. The van der Waals surface area contributed by atoms with Crippen LogP contribution in [0, 0.1) is 0 Å². The van der Waals surface area contributed by atoms with Crippen LogP contribution in [-0.4, -0.2) is 21.4 Å². The molecule has 0 aliphatic heterocycles. The highest BCUT2D eigenvalue weighted by Crippen LogP contribution is 2.14. The number of hydrogen-bond donors (Lipinski definition) is 1. The van der Waals surface area contributed by atoms with Gasteiger partial charge in [0.2, 0.25) is 0 Å². The third-order valence-electron chi connectivity index (χ3n) is 3.51. The Bertz CT molecular complexity index is 1020. The van der Waals surface area contributed by atoms with E-state index in [0.717, 1.165) is 0 Å². The molecule has 8 heteroatoms. The SMILES string of the molecule is O=C(Cn1cc(Br)ccc1=O)Oc1ccc(C(=O)Nc2cccnc2)cc1. The molecule has 27 heavy (non-hydrogen) atoms. The van der Waals surface area contributed by atoms with Gasteiger partial charge in [-0.15, -0.1) is 0 Å². The van der Waals surface area contributed by atoms with Gasteiger partial charge in [-0.2, -0.15) is 0 Å². The van der Waals surface area contributed by atoms with Gasteiger partial charge in [0.05, 0.1) is 11.9 Å². The molecular weight excluding hydrogens is 414 g/mol. The van der Waals surface area contributed by atoms with E-state index < -0.39 is 5.97 Å². The Hall–Kier alpha value is -3.26. The summed E-state index contributed by atoms with van der Waals surface area (Å²) in [6, 6.07) is 12.5. The van der Waals surface area contributed by atoms with Gasteiger partial charge < -0.3 is 14.6 Å². The Morgan fingerprint density at radius 1 is 1.11 bits per heavy atom. The summed E-state index contributed by atoms with van der Waals surface area (Å²) in [6.45, 7) is -0.221. The van der Waals surface area contributed by atoms with Crippen LogP contribution in [0.15, 0.2) is 76.4 Å². The first-order valence-electron chi connectivity index (χ1n) is 7.89. The minimum atomic E-state index is -0.595. The standard InChI is InChI=1S/C19H14BrN3O4/c20-14-5-8-17(24)23(11-14)12-18(25)27-16-6-3-13(4-7-16)19(26)22-15-2-1-9-21-10-15/h1-11H,12H2,(H,22,26). The van der Waals surface area contributed by atoms with Gasteiger partial charge >= 0.3 is 5.97 Å². The van der Waals surface area contributed by atoms with Gasteiger partial charge in [-0.05, 0) is 58.4 Å². The topological polar surface area (TPSA) is 90.3 Å².